The number of hydrogen-bond donors (Lipinski definition) is 0. The maximum absolute atomic E-state index is 2.67. The Bertz CT molecular complexity index is 139. The zero-order valence-corrected chi connectivity index (χ0v) is 8.42. The van der Waals surface area contributed by atoms with E-state index in [2.05, 4.69) is 18.7 Å². The van der Waals surface area contributed by atoms with Crippen molar-refractivity contribution < 1.29 is 0 Å². The molecule has 2 fully saturated rings. The first-order valence-corrected chi connectivity index (χ1v) is 5.51. The van der Waals surface area contributed by atoms with Gasteiger partial charge < -0.3 is 4.90 Å². The molecule has 12 heavy (non-hydrogen) atoms. The van der Waals surface area contributed by atoms with Crippen molar-refractivity contribution in [2.24, 2.45) is 11.8 Å². The van der Waals surface area contributed by atoms with Crippen LogP contribution >= 0.6 is 0 Å². The number of hydrogen-bond acceptors (Lipinski definition) is 1. The number of rotatable bonds is 1. The minimum Gasteiger partial charge on any atom is -0.300 e. The molecule has 2 aliphatic rings. The van der Waals surface area contributed by atoms with Crippen molar-refractivity contribution in [2.45, 2.75) is 45.6 Å². The topological polar surface area (TPSA) is 3.24 Å². The largest absolute Gasteiger partial charge is 0.300 e. The molecular weight excluding hydrogens is 146 g/mol. The molecule has 70 valence electrons. The average molecular weight is 167 g/mol. The predicted molar refractivity (Wildman–Crippen MR) is 52.2 cm³/mol. The number of likely N-dealkylation sites (tertiary alicyclic amines) is 1. The summed E-state index contributed by atoms with van der Waals surface area (Å²) in [5.74, 6) is 2.11. The van der Waals surface area contributed by atoms with Gasteiger partial charge in [-0.3, -0.25) is 0 Å². The standard InChI is InChI=1S/C11H21N/c1-9(2)12-7-10-5-3-4-6-11(10)8-12/h9-11H,3-8H2,1-2H3/t10-,11?/m0/s1. The van der Waals surface area contributed by atoms with Gasteiger partial charge in [-0.1, -0.05) is 12.8 Å². The first-order chi connectivity index (χ1) is 5.77. The van der Waals surface area contributed by atoms with E-state index in [9.17, 15) is 0 Å². The highest BCUT2D eigenvalue weighted by atomic mass is 15.2. The Morgan fingerprint density at radius 1 is 1.00 bits per heavy atom. The molecule has 1 saturated heterocycles. The summed E-state index contributed by atoms with van der Waals surface area (Å²) in [7, 11) is 0. The molecule has 0 aromatic carbocycles. The summed E-state index contributed by atoms with van der Waals surface area (Å²) < 4.78 is 0. The van der Waals surface area contributed by atoms with Gasteiger partial charge in [-0.05, 0) is 38.5 Å². The molecule has 0 N–H and O–H groups in total. The third kappa shape index (κ3) is 1.52. The summed E-state index contributed by atoms with van der Waals surface area (Å²) in [6.07, 6.45) is 6.00. The van der Waals surface area contributed by atoms with Crippen LogP contribution < -0.4 is 0 Å². The lowest BCUT2D eigenvalue weighted by atomic mass is 9.82. The Kier molecular flexibility index (Phi) is 2.40. The molecule has 1 nitrogen and oxygen atoms in total. The van der Waals surface area contributed by atoms with Gasteiger partial charge in [0.1, 0.15) is 0 Å². The van der Waals surface area contributed by atoms with Crippen molar-refractivity contribution in [3.8, 4) is 0 Å². The quantitative estimate of drug-likeness (QED) is 0.580. The summed E-state index contributed by atoms with van der Waals surface area (Å²) >= 11 is 0. The van der Waals surface area contributed by atoms with Crippen molar-refractivity contribution in [3.05, 3.63) is 0 Å². The molecule has 0 aromatic rings. The van der Waals surface area contributed by atoms with Gasteiger partial charge in [0.15, 0.2) is 0 Å². The maximum Gasteiger partial charge on any atom is 0.00388 e. The Morgan fingerprint density at radius 3 is 1.92 bits per heavy atom. The van der Waals surface area contributed by atoms with E-state index in [4.69, 9.17) is 0 Å². The van der Waals surface area contributed by atoms with Crippen molar-refractivity contribution in [1.29, 1.82) is 0 Å². The van der Waals surface area contributed by atoms with E-state index in [1.165, 1.54) is 38.8 Å². The van der Waals surface area contributed by atoms with Crippen molar-refractivity contribution in [1.82, 2.24) is 4.90 Å². The zero-order chi connectivity index (χ0) is 8.55. The molecule has 2 atom stereocenters. The van der Waals surface area contributed by atoms with Crippen LogP contribution in [0.15, 0.2) is 0 Å². The SMILES string of the molecule is CC(C)N1CC2CCCC[C@H]2C1. The predicted octanol–water partition coefficient (Wildman–Crippen LogP) is 2.52. The van der Waals surface area contributed by atoms with Crippen LogP contribution in [0.1, 0.15) is 39.5 Å². The number of fused-ring (bicyclic) bond motifs is 1. The fourth-order valence-corrected chi connectivity index (χ4v) is 2.86. The van der Waals surface area contributed by atoms with Crippen LogP contribution in [0.5, 0.6) is 0 Å². The highest BCUT2D eigenvalue weighted by Gasteiger charge is 2.34. The Morgan fingerprint density at radius 2 is 1.50 bits per heavy atom. The van der Waals surface area contributed by atoms with E-state index in [-0.39, 0.29) is 0 Å². The van der Waals surface area contributed by atoms with Crippen molar-refractivity contribution in [2.75, 3.05) is 13.1 Å². The molecule has 1 heteroatoms. The molecule has 0 bridgehead atoms. The monoisotopic (exact) mass is 167 g/mol. The Balaban J connectivity index is 1.94. The van der Waals surface area contributed by atoms with Gasteiger partial charge >= 0.3 is 0 Å². The highest BCUT2D eigenvalue weighted by Crippen LogP contribution is 2.36. The van der Waals surface area contributed by atoms with E-state index < -0.39 is 0 Å². The Hall–Kier alpha value is -0.0400. The first kappa shape index (κ1) is 8.55. The van der Waals surface area contributed by atoms with Crippen molar-refractivity contribution >= 4 is 0 Å². The van der Waals surface area contributed by atoms with Crippen molar-refractivity contribution in [3.63, 3.8) is 0 Å². The molecule has 1 heterocycles. The summed E-state index contributed by atoms with van der Waals surface area (Å²) in [6, 6.07) is 0.774. The summed E-state index contributed by atoms with van der Waals surface area (Å²) in [6.45, 7) is 7.44. The zero-order valence-electron chi connectivity index (χ0n) is 8.42. The van der Waals surface area contributed by atoms with Crippen LogP contribution in [0.3, 0.4) is 0 Å². The lowest BCUT2D eigenvalue weighted by Crippen LogP contribution is -2.28. The lowest BCUT2D eigenvalue weighted by Gasteiger charge is -2.23. The van der Waals surface area contributed by atoms with Gasteiger partial charge in [-0.25, -0.2) is 0 Å². The fourth-order valence-electron chi connectivity index (χ4n) is 2.86. The second-order valence-corrected chi connectivity index (χ2v) is 4.85. The van der Waals surface area contributed by atoms with E-state index in [0.717, 1.165) is 17.9 Å². The normalized spacial score (nSPS) is 37.2. The van der Waals surface area contributed by atoms with Crippen LogP contribution in [0.4, 0.5) is 0 Å². The van der Waals surface area contributed by atoms with E-state index >= 15 is 0 Å². The highest BCUT2D eigenvalue weighted by molar-refractivity contribution is 4.87. The second-order valence-electron chi connectivity index (χ2n) is 4.85. The third-order valence-electron chi connectivity index (χ3n) is 3.73. The Labute approximate surface area is 76.1 Å². The van der Waals surface area contributed by atoms with Gasteiger partial charge in [0.25, 0.3) is 0 Å². The van der Waals surface area contributed by atoms with E-state index in [0.29, 0.717) is 0 Å². The van der Waals surface area contributed by atoms with Gasteiger partial charge in [0, 0.05) is 19.1 Å². The third-order valence-corrected chi connectivity index (χ3v) is 3.73. The van der Waals surface area contributed by atoms with Gasteiger partial charge in [0.05, 0.1) is 0 Å². The lowest BCUT2D eigenvalue weighted by molar-refractivity contribution is 0.261. The molecule has 0 radical (unpaired) electrons. The molecule has 1 aliphatic carbocycles. The average Bonchev–Trinajstić information content (AvgIpc) is 2.46. The minimum atomic E-state index is 0.774. The summed E-state index contributed by atoms with van der Waals surface area (Å²) in [5, 5.41) is 0. The van der Waals surface area contributed by atoms with Gasteiger partial charge in [-0.15, -0.1) is 0 Å². The molecule has 0 amide bonds. The minimum absolute atomic E-state index is 0.774. The molecule has 1 saturated carbocycles. The van der Waals surface area contributed by atoms with Crippen LogP contribution in [-0.4, -0.2) is 24.0 Å². The van der Waals surface area contributed by atoms with Crippen LogP contribution in [0.2, 0.25) is 0 Å². The summed E-state index contributed by atoms with van der Waals surface area (Å²) in [5.41, 5.74) is 0. The second kappa shape index (κ2) is 3.37. The van der Waals surface area contributed by atoms with Gasteiger partial charge in [-0.2, -0.15) is 0 Å². The molecular formula is C11H21N. The van der Waals surface area contributed by atoms with Crippen LogP contribution in [0, 0.1) is 11.8 Å². The van der Waals surface area contributed by atoms with E-state index in [1.54, 1.807) is 0 Å². The van der Waals surface area contributed by atoms with Gasteiger partial charge in [0.2, 0.25) is 0 Å². The molecule has 2 rings (SSSR count). The van der Waals surface area contributed by atoms with Crippen LogP contribution in [-0.2, 0) is 0 Å². The summed E-state index contributed by atoms with van der Waals surface area (Å²) in [4.78, 5) is 2.67. The molecule has 1 aliphatic heterocycles. The van der Waals surface area contributed by atoms with Crippen LogP contribution in [0.25, 0.3) is 0 Å². The smallest absolute Gasteiger partial charge is 0.00388 e. The maximum atomic E-state index is 2.67. The number of nitrogens with zero attached hydrogens (tertiary/aromatic N) is 1. The van der Waals surface area contributed by atoms with E-state index in [1.807, 2.05) is 0 Å². The molecule has 0 spiro atoms. The first-order valence-electron chi connectivity index (χ1n) is 5.51. The fraction of sp³-hybridized carbons (Fsp3) is 1.00. The molecule has 0 aromatic heterocycles. The molecule has 1 unspecified atom stereocenters.